The molecule has 0 radical (unpaired) electrons. The summed E-state index contributed by atoms with van der Waals surface area (Å²) >= 11 is 0. The van der Waals surface area contributed by atoms with Crippen molar-refractivity contribution in [3.05, 3.63) is 53.6 Å². The number of aromatic nitrogens is 3. The van der Waals surface area contributed by atoms with Crippen LogP contribution in [0.1, 0.15) is 56.6 Å². The molecule has 8 heteroatoms. The van der Waals surface area contributed by atoms with Gasteiger partial charge in [-0.15, -0.1) is 0 Å². The predicted molar refractivity (Wildman–Crippen MR) is 115 cm³/mol. The van der Waals surface area contributed by atoms with Crippen LogP contribution in [0.25, 0.3) is 16.9 Å². The topological polar surface area (TPSA) is 93.6 Å². The second kappa shape index (κ2) is 7.14. The number of imidazole rings is 1. The molecule has 0 unspecified atom stereocenters. The molecule has 1 saturated carbocycles. The van der Waals surface area contributed by atoms with E-state index < -0.39 is 11.4 Å². The molecule has 0 spiro atoms. The van der Waals surface area contributed by atoms with Crippen molar-refractivity contribution in [1.29, 1.82) is 0 Å². The molecule has 0 aliphatic heterocycles. The molecule has 0 bridgehead atoms. The maximum atomic E-state index is 13.4. The number of amides is 2. The number of nitrogens with two attached hydrogens (primary N) is 1. The second-order valence-corrected chi connectivity index (χ2v) is 8.88. The van der Waals surface area contributed by atoms with Crippen LogP contribution in [0.2, 0.25) is 0 Å². The molecule has 1 aromatic carbocycles. The molecule has 31 heavy (non-hydrogen) atoms. The van der Waals surface area contributed by atoms with Gasteiger partial charge in [-0.1, -0.05) is 6.92 Å². The Morgan fingerprint density at radius 2 is 1.90 bits per heavy atom. The molecule has 3 aromatic rings. The van der Waals surface area contributed by atoms with Crippen molar-refractivity contribution in [2.24, 2.45) is 5.73 Å². The summed E-state index contributed by atoms with van der Waals surface area (Å²) in [6.45, 7) is 7.49. The third-order valence-corrected chi connectivity index (χ3v) is 6.27. The number of nitrogens with zero attached hydrogens (tertiary/aromatic N) is 4. The summed E-state index contributed by atoms with van der Waals surface area (Å²) in [5, 5.41) is 4.63. The normalized spacial score (nSPS) is 15.1. The highest BCUT2D eigenvalue weighted by Gasteiger charge is 2.42. The zero-order valence-corrected chi connectivity index (χ0v) is 18.1. The van der Waals surface area contributed by atoms with Crippen molar-refractivity contribution in [3.8, 4) is 11.3 Å². The number of hydrogen-bond acceptors (Lipinski definition) is 4. The number of carbonyl (C=O) groups excluding carboxylic acids is 2. The maximum Gasteiger partial charge on any atom is 0.275 e. The Morgan fingerprint density at radius 1 is 1.26 bits per heavy atom. The summed E-state index contributed by atoms with van der Waals surface area (Å²) < 4.78 is 15.0. The van der Waals surface area contributed by atoms with Crippen LogP contribution < -0.4 is 5.73 Å². The standard InChI is InChI=1S/C23H26FN5O2/c1-5-28(22(2,3)21(25)31)20(30)18-13-29-19(26-18)16(23(4)10-11-23)12-17(27-29)14-6-8-15(24)9-7-14/h6-9,12-13H,5,10-11H2,1-4H3,(H2,25,31). The lowest BCUT2D eigenvalue weighted by molar-refractivity contribution is -0.126. The van der Waals surface area contributed by atoms with E-state index in [1.807, 2.05) is 6.07 Å². The molecule has 2 heterocycles. The van der Waals surface area contributed by atoms with Gasteiger partial charge in [0.05, 0.1) is 11.9 Å². The Balaban J connectivity index is 1.84. The monoisotopic (exact) mass is 423 g/mol. The van der Waals surface area contributed by atoms with Gasteiger partial charge in [0, 0.05) is 17.7 Å². The van der Waals surface area contributed by atoms with Gasteiger partial charge < -0.3 is 10.6 Å². The van der Waals surface area contributed by atoms with Crippen molar-refractivity contribution in [1.82, 2.24) is 19.5 Å². The van der Waals surface area contributed by atoms with E-state index in [0.717, 1.165) is 24.0 Å². The van der Waals surface area contributed by atoms with E-state index in [9.17, 15) is 14.0 Å². The summed E-state index contributed by atoms with van der Waals surface area (Å²) in [7, 11) is 0. The van der Waals surface area contributed by atoms with E-state index in [0.29, 0.717) is 17.9 Å². The number of primary amides is 1. The molecule has 162 valence electrons. The van der Waals surface area contributed by atoms with Crippen molar-refractivity contribution >= 4 is 17.5 Å². The molecule has 1 fully saturated rings. The van der Waals surface area contributed by atoms with Crippen LogP contribution in [0, 0.1) is 5.82 Å². The minimum absolute atomic E-state index is 0.0401. The van der Waals surface area contributed by atoms with Crippen LogP contribution in [0.5, 0.6) is 0 Å². The number of rotatable bonds is 6. The average Bonchev–Trinajstić information content (AvgIpc) is 3.32. The van der Waals surface area contributed by atoms with Crippen LogP contribution in [-0.2, 0) is 10.2 Å². The fraction of sp³-hybridized carbons (Fsp3) is 0.391. The second-order valence-electron chi connectivity index (χ2n) is 8.88. The SMILES string of the molecule is CCN(C(=O)c1cn2nc(-c3ccc(F)cc3)cc(C3(C)CC3)c2n1)C(C)(C)C(N)=O. The van der Waals surface area contributed by atoms with E-state index in [2.05, 4.69) is 17.0 Å². The summed E-state index contributed by atoms with van der Waals surface area (Å²) in [6, 6.07) is 8.13. The molecule has 0 atom stereocenters. The average molecular weight is 423 g/mol. The third kappa shape index (κ3) is 3.56. The number of halogens is 1. The predicted octanol–water partition coefficient (Wildman–Crippen LogP) is 3.31. The highest BCUT2D eigenvalue weighted by Crippen LogP contribution is 2.49. The summed E-state index contributed by atoms with van der Waals surface area (Å²) in [4.78, 5) is 31.2. The van der Waals surface area contributed by atoms with E-state index in [1.54, 1.807) is 43.6 Å². The quantitative estimate of drug-likeness (QED) is 0.658. The van der Waals surface area contributed by atoms with E-state index >= 15 is 0 Å². The van der Waals surface area contributed by atoms with Crippen molar-refractivity contribution < 1.29 is 14.0 Å². The number of likely N-dealkylation sites (N-methyl/N-ethyl adjacent to an activating group) is 1. The summed E-state index contributed by atoms with van der Waals surface area (Å²) in [5.74, 6) is -1.28. The molecular weight excluding hydrogens is 397 g/mol. The summed E-state index contributed by atoms with van der Waals surface area (Å²) in [6.07, 6.45) is 3.61. The largest absolute Gasteiger partial charge is 0.368 e. The Morgan fingerprint density at radius 3 is 2.45 bits per heavy atom. The Kier molecular flexibility index (Phi) is 4.83. The van der Waals surface area contributed by atoms with Crippen LogP contribution >= 0.6 is 0 Å². The first kappa shape index (κ1) is 21.0. The van der Waals surface area contributed by atoms with E-state index in [4.69, 9.17) is 5.73 Å². The minimum atomic E-state index is -1.15. The highest BCUT2D eigenvalue weighted by atomic mass is 19.1. The molecule has 2 amide bonds. The van der Waals surface area contributed by atoms with Gasteiger partial charge in [0.25, 0.3) is 5.91 Å². The van der Waals surface area contributed by atoms with Gasteiger partial charge in [-0.3, -0.25) is 9.59 Å². The zero-order chi connectivity index (χ0) is 22.6. The lowest BCUT2D eigenvalue weighted by Crippen LogP contribution is -2.55. The Labute approximate surface area is 180 Å². The number of benzene rings is 1. The summed E-state index contributed by atoms with van der Waals surface area (Å²) in [5.41, 5.74) is 7.60. The van der Waals surface area contributed by atoms with Gasteiger partial charge in [-0.05, 0) is 69.4 Å². The Bertz CT molecular complexity index is 1180. The lowest BCUT2D eigenvalue weighted by Gasteiger charge is -2.34. The lowest BCUT2D eigenvalue weighted by atomic mass is 9.98. The van der Waals surface area contributed by atoms with Crippen LogP contribution in [0.15, 0.2) is 36.5 Å². The van der Waals surface area contributed by atoms with Gasteiger partial charge in [0.15, 0.2) is 5.65 Å². The first-order valence-corrected chi connectivity index (χ1v) is 10.4. The molecule has 0 saturated heterocycles. The molecule has 4 rings (SSSR count). The van der Waals surface area contributed by atoms with Crippen LogP contribution in [-0.4, -0.2) is 43.4 Å². The number of fused-ring (bicyclic) bond motifs is 1. The maximum absolute atomic E-state index is 13.4. The van der Waals surface area contributed by atoms with Crippen LogP contribution in [0.4, 0.5) is 4.39 Å². The first-order chi connectivity index (χ1) is 14.6. The van der Waals surface area contributed by atoms with Gasteiger partial charge >= 0.3 is 0 Å². The van der Waals surface area contributed by atoms with Crippen molar-refractivity contribution in [2.75, 3.05) is 6.54 Å². The minimum Gasteiger partial charge on any atom is -0.368 e. The molecular formula is C23H26FN5O2. The van der Waals surface area contributed by atoms with Crippen molar-refractivity contribution in [2.45, 2.75) is 51.5 Å². The smallest absolute Gasteiger partial charge is 0.275 e. The number of hydrogen-bond donors (Lipinski definition) is 1. The highest BCUT2D eigenvalue weighted by molar-refractivity contribution is 5.97. The zero-order valence-electron chi connectivity index (χ0n) is 18.1. The fourth-order valence-corrected chi connectivity index (χ4v) is 3.81. The van der Waals surface area contributed by atoms with Gasteiger partial charge in [0.2, 0.25) is 5.91 Å². The van der Waals surface area contributed by atoms with Gasteiger partial charge in [-0.25, -0.2) is 13.9 Å². The fourth-order valence-electron chi connectivity index (χ4n) is 3.81. The molecule has 1 aliphatic carbocycles. The Hall–Kier alpha value is -3.29. The molecule has 2 aromatic heterocycles. The van der Waals surface area contributed by atoms with E-state index in [1.165, 1.54) is 17.0 Å². The first-order valence-electron chi connectivity index (χ1n) is 10.4. The molecule has 7 nitrogen and oxygen atoms in total. The molecule has 1 aliphatic rings. The third-order valence-electron chi connectivity index (χ3n) is 6.27. The van der Waals surface area contributed by atoms with Gasteiger partial charge in [0.1, 0.15) is 17.1 Å². The van der Waals surface area contributed by atoms with Crippen molar-refractivity contribution in [3.63, 3.8) is 0 Å². The van der Waals surface area contributed by atoms with Gasteiger partial charge in [-0.2, -0.15) is 5.10 Å². The van der Waals surface area contributed by atoms with E-state index in [-0.39, 0.29) is 22.8 Å². The van der Waals surface area contributed by atoms with Crippen LogP contribution in [0.3, 0.4) is 0 Å². The number of carbonyl (C=O) groups is 2. The molecule has 2 N–H and O–H groups in total.